The molecule has 0 aliphatic heterocycles. The highest BCUT2D eigenvalue weighted by atomic mass is 35.5. The number of carbonyl (C=O) groups is 3. The number of carbonyl (C=O) groups excluding carboxylic acids is 2. The minimum Gasteiger partial charge on any atom is -0.490 e. The first-order valence-electron chi connectivity index (χ1n) is 13.6. The number of para-hydroxylation sites is 1. The van der Waals surface area contributed by atoms with E-state index in [0.29, 0.717) is 11.5 Å². The molecule has 0 radical (unpaired) electrons. The van der Waals surface area contributed by atoms with Gasteiger partial charge in [-0.05, 0) is 79.8 Å². The van der Waals surface area contributed by atoms with Crippen LogP contribution in [0.25, 0.3) is 0 Å². The summed E-state index contributed by atoms with van der Waals surface area (Å²) in [6, 6.07) is 20.7. The van der Waals surface area contributed by atoms with Crippen LogP contribution in [0.5, 0.6) is 17.2 Å². The predicted molar refractivity (Wildman–Crippen MR) is 162 cm³/mol. The van der Waals surface area contributed by atoms with E-state index in [2.05, 4.69) is 10.6 Å². The lowest BCUT2D eigenvalue weighted by molar-refractivity contribution is -0.115. The molecule has 43 heavy (non-hydrogen) atoms. The molecule has 1 fully saturated rings. The van der Waals surface area contributed by atoms with Crippen molar-refractivity contribution >= 4 is 46.7 Å². The van der Waals surface area contributed by atoms with Crippen LogP contribution in [0, 0.1) is 0 Å². The van der Waals surface area contributed by atoms with Gasteiger partial charge in [-0.25, -0.2) is 4.79 Å². The topological polar surface area (TPSA) is 127 Å². The Kier molecular flexibility index (Phi) is 9.54. The van der Waals surface area contributed by atoms with Gasteiger partial charge in [0.1, 0.15) is 28.5 Å². The Labute approximate surface area is 257 Å². The molecule has 222 valence electrons. The number of hydrogen-bond donors (Lipinski definition) is 3. The maximum Gasteiger partial charge on any atom is 0.337 e. The van der Waals surface area contributed by atoms with E-state index in [-0.39, 0.29) is 57.4 Å². The molecule has 2 amide bonds. The molecule has 3 N–H and O–H groups in total. The molecule has 0 saturated heterocycles. The van der Waals surface area contributed by atoms with Gasteiger partial charge >= 0.3 is 5.97 Å². The third-order valence-electron chi connectivity index (χ3n) is 6.99. The van der Waals surface area contributed by atoms with E-state index < -0.39 is 5.97 Å². The first-order chi connectivity index (χ1) is 20.7. The van der Waals surface area contributed by atoms with E-state index in [4.69, 9.17) is 37.1 Å². The van der Waals surface area contributed by atoms with Crippen LogP contribution < -0.4 is 20.1 Å². The maximum atomic E-state index is 12.5. The number of carboxylic acid groups (broad SMARTS) is 1. The SMILES string of the molecule is O=C(Cc1ccc(Oc2ccc(OC3CCC(NC(=O)c4occ(Cl)c4Cl)CC3)cc2)cc1)Nc1ccccc1C(=O)O. The van der Waals surface area contributed by atoms with Crippen molar-refractivity contribution in [1.82, 2.24) is 5.32 Å². The van der Waals surface area contributed by atoms with Crippen molar-refractivity contribution in [2.24, 2.45) is 0 Å². The Bertz CT molecular complexity index is 1590. The van der Waals surface area contributed by atoms with E-state index in [1.807, 2.05) is 24.3 Å². The number of carboxylic acids is 1. The lowest BCUT2D eigenvalue weighted by atomic mass is 9.93. The van der Waals surface area contributed by atoms with Gasteiger partial charge in [0.05, 0.1) is 28.8 Å². The van der Waals surface area contributed by atoms with E-state index in [0.717, 1.165) is 37.0 Å². The summed E-state index contributed by atoms with van der Waals surface area (Å²) in [5.74, 6) is 0.177. The van der Waals surface area contributed by atoms with Crippen LogP contribution in [-0.2, 0) is 11.2 Å². The van der Waals surface area contributed by atoms with Crippen LogP contribution in [0.3, 0.4) is 0 Å². The molecule has 0 bridgehead atoms. The number of benzene rings is 3. The average Bonchev–Trinajstić information content (AvgIpc) is 3.34. The zero-order valence-electron chi connectivity index (χ0n) is 22.8. The highest BCUT2D eigenvalue weighted by Crippen LogP contribution is 2.30. The smallest absolute Gasteiger partial charge is 0.337 e. The number of anilines is 1. The van der Waals surface area contributed by atoms with Gasteiger partial charge in [0.2, 0.25) is 11.7 Å². The molecule has 1 aliphatic carbocycles. The molecule has 0 spiro atoms. The average molecular weight is 623 g/mol. The molecular weight excluding hydrogens is 595 g/mol. The van der Waals surface area contributed by atoms with Gasteiger partial charge in [-0.3, -0.25) is 9.59 Å². The number of rotatable bonds is 10. The fourth-order valence-electron chi connectivity index (χ4n) is 4.80. The molecule has 4 aromatic rings. The quantitative estimate of drug-likeness (QED) is 0.168. The summed E-state index contributed by atoms with van der Waals surface area (Å²) in [5, 5.41) is 15.2. The number of aromatic carboxylic acids is 1. The Morgan fingerprint density at radius 2 is 1.49 bits per heavy atom. The molecule has 0 unspecified atom stereocenters. The van der Waals surface area contributed by atoms with Crippen molar-refractivity contribution in [3.05, 3.63) is 106 Å². The number of hydrogen-bond acceptors (Lipinski definition) is 6. The molecule has 1 saturated carbocycles. The van der Waals surface area contributed by atoms with E-state index in [1.165, 1.54) is 12.3 Å². The van der Waals surface area contributed by atoms with Gasteiger partial charge in [0, 0.05) is 6.04 Å². The second-order valence-corrected chi connectivity index (χ2v) is 10.9. The normalized spacial score (nSPS) is 16.2. The Morgan fingerprint density at radius 1 is 0.860 bits per heavy atom. The standard InChI is InChI=1S/C32H28Cl2N2O7/c33-26-18-41-30(29(26)34)31(38)35-20-7-11-22(12-8-20)43-24-15-13-23(14-16-24)42-21-9-5-19(6-10-21)17-28(37)36-27-4-2-1-3-25(27)32(39)40/h1-6,9-10,13-16,18,20,22H,7-8,11-12,17H2,(H,35,38)(H,36,37)(H,39,40). The van der Waals surface area contributed by atoms with Gasteiger partial charge in [-0.15, -0.1) is 0 Å². The minimum absolute atomic E-state index is 0.00232. The summed E-state index contributed by atoms with van der Waals surface area (Å²) in [6.45, 7) is 0. The molecule has 0 atom stereocenters. The van der Waals surface area contributed by atoms with Gasteiger partial charge in [-0.2, -0.15) is 0 Å². The number of nitrogens with one attached hydrogen (secondary N) is 2. The zero-order valence-corrected chi connectivity index (χ0v) is 24.4. The summed E-state index contributed by atoms with van der Waals surface area (Å²) in [6.07, 6.45) is 4.45. The van der Waals surface area contributed by atoms with Crippen LogP contribution in [0.2, 0.25) is 10.0 Å². The fourth-order valence-corrected chi connectivity index (χ4v) is 5.11. The van der Waals surface area contributed by atoms with Crippen LogP contribution in [0.1, 0.15) is 52.2 Å². The van der Waals surface area contributed by atoms with Gasteiger partial charge < -0.3 is 29.6 Å². The molecule has 1 aliphatic rings. The predicted octanol–water partition coefficient (Wildman–Crippen LogP) is 7.38. The summed E-state index contributed by atoms with van der Waals surface area (Å²) in [4.78, 5) is 36.2. The number of ether oxygens (including phenoxy) is 2. The lowest BCUT2D eigenvalue weighted by Gasteiger charge is -2.29. The first kappa shape index (κ1) is 30.0. The van der Waals surface area contributed by atoms with Gasteiger partial charge in [0.25, 0.3) is 5.91 Å². The first-order valence-corrected chi connectivity index (χ1v) is 14.4. The van der Waals surface area contributed by atoms with Crippen LogP contribution in [0.4, 0.5) is 5.69 Å². The van der Waals surface area contributed by atoms with Crippen LogP contribution >= 0.6 is 23.2 Å². The van der Waals surface area contributed by atoms with E-state index in [9.17, 15) is 19.5 Å². The maximum absolute atomic E-state index is 12.5. The third-order valence-corrected chi connectivity index (χ3v) is 7.74. The summed E-state index contributed by atoms with van der Waals surface area (Å²) >= 11 is 11.9. The van der Waals surface area contributed by atoms with Crippen molar-refractivity contribution in [1.29, 1.82) is 0 Å². The number of amides is 2. The zero-order chi connectivity index (χ0) is 30.3. The highest BCUT2D eigenvalue weighted by molar-refractivity contribution is 6.43. The van der Waals surface area contributed by atoms with Crippen LogP contribution in [0.15, 0.2) is 83.5 Å². The molecule has 9 nitrogen and oxygen atoms in total. The summed E-state index contributed by atoms with van der Waals surface area (Å²) in [5.41, 5.74) is 1.05. The van der Waals surface area contributed by atoms with E-state index in [1.54, 1.807) is 42.5 Å². The largest absolute Gasteiger partial charge is 0.490 e. The molecular formula is C32H28Cl2N2O7. The second-order valence-electron chi connectivity index (χ2n) is 10.1. The summed E-state index contributed by atoms with van der Waals surface area (Å²) < 4.78 is 17.2. The summed E-state index contributed by atoms with van der Waals surface area (Å²) in [7, 11) is 0. The lowest BCUT2D eigenvalue weighted by Crippen LogP contribution is -2.39. The van der Waals surface area contributed by atoms with Gasteiger partial charge in [0.15, 0.2) is 0 Å². The Balaban J connectivity index is 1.06. The van der Waals surface area contributed by atoms with E-state index >= 15 is 0 Å². The van der Waals surface area contributed by atoms with Crippen molar-refractivity contribution in [2.45, 2.75) is 44.2 Å². The number of furan rings is 1. The third kappa shape index (κ3) is 7.88. The monoisotopic (exact) mass is 622 g/mol. The Hall–Kier alpha value is -4.47. The second kappa shape index (κ2) is 13.7. The van der Waals surface area contributed by atoms with Crippen molar-refractivity contribution in [3.8, 4) is 17.2 Å². The van der Waals surface area contributed by atoms with Crippen molar-refractivity contribution in [2.75, 3.05) is 5.32 Å². The van der Waals surface area contributed by atoms with Crippen molar-refractivity contribution < 1.29 is 33.4 Å². The fraction of sp³-hybridized carbons (Fsp3) is 0.219. The van der Waals surface area contributed by atoms with Gasteiger partial charge in [-0.1, -0.05) is 47.5 Å². The van der Waals surface area contributed by atoms with Crippen LogP contribution in [-0.4, -0.2) is 35.0 Å². The minimum atomic E-state index is -1.11. The van der Waals surface area contributed by atoms with Crippen molar-refractivity contribution in [3.63, 3.8) is 0 Å². The molecule has 5 rings (SSSR count). The molecule has 1 aromatic heterocycles. The molecule has 1 heterocycles. The molecule has 3 aromatic carbocycles. The highest BCUT2D eigenvalue weighted by Gasteiger charge is 2.26. The molecule has 11 heteroatoms. The number of halogens is 2. The Morgan fingerprint density at radius 3 is 2.12 bits per heavy atom.